The standard InChI is InChI=1S/C20H32BrN5O3Si/c1-14(2)10-18(20(27)28)17(11-16-7-6-15(21)12-22-16)19-23-24-25-26(19)13-29-8-9-30(3,4)5/h6-7,12,14,17-18H,8-11,13H2,1-5H3,(H,27,28)/t17-,18-/m0/s1. The fourth-order valence-electron chi connectivity index (χ4n) is 3.21. The van der Waals surface area contributed by atoms with Crippen LogP contribution in [0.5, 0.6) is 0 Å². The molecule has 0 spiro atoms. The highest BCUT2D eigenvalue weighted by Crippen LogP contribution is 2.32. The lowest BCUT2D eigenvalue weighted by atomic mass is 9.82. The number of carboxylic acids is 1. The van der Waals surface area contributed by atoms with Crippen molar-refractivity contribution in [1.29, 1.82) is 0 Å². The smallest absolute Gasteiger partial charge is 0.307 e. The Morgan fingerprint density at radius 3 is 2.60 bits per heavy atom. The van der Waals surface area contributed by atoms with E-state index in [1.807, 2.05) is 26.0 Å². The van der Waals surface area contributed by atoms with Gasteiger partial charge >= 0.3 is 5.97 Å². The Hall–Kier alpha value is -1.65. The van der Waals surface area contributed by atoms with Crippen LogP contribution in [0.15, 0.2) is 22.8 Å². The number of pyridine rings is 1. The number of aromatic nitrogens is 5. The van der Waals surface area contributed by atoms with Gasteiger partial charge in [0.1, 0.15) is 6.73 Å². The molecule has 0 saturated heterocycles. The summed E-state index contributed by atoms with van der Waals surface area (Å²) in [7, 11) is -1.20. The maximum atomic E-state index is 12.2. The van der Waals surface area contributed by atoms with E-state index >= 15 is 0 Å². The summed E-state index contributed by atoms with van der Waals surface area (Å²) in [6, 6.07) is 4.84. The number of rotatable bonds is 12. The van der Waals surface area contributed by atoms with Crippen molar-refractivity contribution in [1.82, 2.24) is 25.2 Å². The average molecular weight is 498 g/mol. The molecule has 0 aliphatic heterocycles. The van der Waals surface area contributed by atoms with E-state index in [-0.39, 0.29) is 12.6 Å². The molecule has 8 nitrogen and oxygen atoms in total. The Bertz CT molecular complexity index is 808. The lowest BCUT2D eigenvalue weighted by Crippen LogP contribution is -2.29. The quantitative estimate of drug-likeness (QED) is 0.345. The number of ether oxygens (including phenoxy) is 1. The van der Waals surface area contributed by atoms with E-state index in [2.05, 4.69) is 56.1 Å². The summed E-state index contributed by atoms with van der Waals surface area (Å²) in [5.41, 5.74) is 0.799. The van der Waals surface area contributed by atoms with Gasteiger partial charge in [0.25, 0.3) is 0 Å². The Morgan fingerprint density at radius 1 is 1.30 bits per heavy atom. The van der Waals surface area contributed by atoms with Crippen LogP contribution in [-0.4, -0.2) is 50.9 Å². The number of halogens is 1. The molecule has 1 N–H and O–H groups in total. The highest BCUT2D eigenvalue weighted by atomic mass is 79.9. The molecule has 166 valence electrons. The first-order valence-corrected chi connectivity index (χ1v) is 14.7. The van der Waals surface area contributed by atoms with Gasteiger partial charge in [-0.3, -0.25) is 9.78 Å². The number of hydrogen-bond donors (Lipinski definition) is 1. The first-order chi connectivity index (χ1) is 14.1. The Kier molecular flexibility index (Phi) is 9.11. The van der Waals surface area contributed by atoms with Crippen LogP contribution in [0.2, 0.25) is 25.7 Å². The predicted octanol–water partition coefficient (Wildman–Crippen LogP) is 4.22. The van der Waals surface area contributed by atoms with E-state index < -0.39 is 25.9 Å². The monoisotopic (exact) mass is 497 g/mol. The second-order valence-corrected chi connectivity index (χ2v) is 15.8. The van der Waals surface area contributed by atoms with Crippen molar-refractivity contribution in [2.24, 2.45) is 11.8 Å². The molecule has 0 fully saturated rings. The zero-order chi connectivity index (χ0) is 22.3. The van der Waals surface area contributed by atoms with Gasteiger partial charge in [-0.1, -0.05) is 33.5 Å². The number of nitrogens with zero attached hydrogens (tertiary/aromatic N) is 5. The highest BCUT2D eigenvalue weighted by Gasteiger charge is 2.34. The molecule has 2 heterocycles. The molecule has 0 aliphatic rings. The summed E-state index contributed by atoms with van der Waals surface area (Å²) in [5.74, 6) is -1.12. The molecular weight excluding hydrogens is 466 g/mol. The lowest BCUT2D eigenvalue weighted by molar-refractivity contribution is -0.143. The van der Waals surface area contributed by atoms with Crippen LogP contribution in [-0.2, 0) is 22.7 Å². The fraction of sp³-hybridized carbons (Fsp3) is 0.650. The normalized spacial score (nSPS) is 14.1. The Balaban J connectivity index is 2.26. The summed E-state index contributed by atoms with van der Waals surface area (Å²) in [6.45, 7) is 11.8. The molecule has 0 aromatic carbocycles. The van der Waals surface area contributed by atoms with Crippen LogP contribution in [0.3, 0.4) is 0 Å². The average Bonchev–Trinajstić information content (AvgIpc) is 3.10. The van der Waals surface area contributed by atoms with Crippen LogP contribution in [0, 0.1) is 11.8 Å². The van der Waals surface area contributed by atoms with Gasteiger partial charge in [0, 0.05) is 43.4 Å². The van der Waals surface area contributed by atoms with Crippen LogP contribution in [0.25, 0.3) is 0 Å². The largest absolute Gasteiger partial charge is 0.481 e. The molecule has 0 radical (unpaired) electrons. The Morgan fingerprint density at radius 2 is 2.03 bits per heavy atom. The van der Waals surface area contributed by atoms with Crippen LogP contribution >= 0.6 is 15.9 Å². The molecule has 30 heavy (non-hydrogen) atoms. The third kappa shape index (κ3) is 7.88. The lowest BCUT2D eigenvalue weighted by Gasteiger charge is -2.24. The van der Waals surface area contributed by atoms with Gasteiger partial charge in [-0.05, 0) is 56.9 Å². The minimum absolute atomic E-state index is 0.213. The fourth-order valence-corrected chi connectivity index (χ4v) is 4.20. The summed E-state index contributed by atoms with van der Waals surface area (Å²) >= 11 is 3.39. The molecule has 0 bridgehead atoms. The minimum Gasteiger partial charge on any atom is -0.481 e. The van der Waals surface area contributed by atoms with Crippen molar-refractivity contribution in [2.75, 3.05) is 6.61 Å². The number of hydrogen-bond acceptors (Lipinski definition) is 6. The van der Waals surface area contributed by atoms with Gasteiger partial charge in [0.05, 0.1) is 5.92 Å². The summed E-state index contributed by atoms with van der Waals surface area (Å²) in [5, 5.41) is 22.1. The van der Waals surface area contributed by atoms with Crippen molar-refractivity contribution >= 4 is 30.0 Å². The van der Waals surface area contributed by atoms with Gasteiger partial charge in [0.15, 0.2) is 5.82 Å². The van der Waals surface area contributed by atoms with E-state index in [0.29, 0.717) is 25.3 Å². The van der Waals surface area contributed by atoms with Gasteiger partial charge < -0.3 is 9.84 Å². The topological polar surface area (TPSA) is 103 Å². The Labute approximate surface area is 187 Å². The van der Waals surface area contributed by atoms with Crippen LogP contribution in [0.1, 0.15) is 37.7 Å². The van der Waals surface area contributed by atoms with E-state index in [0.717, 1.165) is 16.2 Å². The zero-order valence-electron chi connectivity index (χ0n) is 18.4. The highest BCUT2D eigenvalue weighted by molar-refractivity contribution is 9.10. The predicted molar refractivity (Wildman–Crippen MR) is 121 cm³/mol. The van der Waals surface area contributed by atoms with Gasteiger partial charge in [0.2, 0.25) is 0 Å². The van der Waals surface area contributed by atoms with Crippen molar-refractivity contribution < 1.29 is 14.6 Å². The molecule has 2 rings (SSSR count). The second kappa shape index (κ2) is 11.1. The van der Waals surface area contributed by atoms with Crippen molar-refractivity contribution in [2.45, 2.75) is 65.0 Å². The third-order valence-electron chi connectivity index (χ3n) is 4.85. The molecule has 2 aromatic rings. The molecule has 10 heteroatoms. The van der Waals surface area contributed by atoms with Gasteiger partial charge in [-0.2, -0.15) is 0 Å². The van der Waals surface area contributed by atoms with Crippen LogP contribution in [0.4, 0.5) is 0 Å². The van der Waals surface area contributed by atoms with Crippen LogP contribution < -0.4 is 0 Å². The van der Waals surface area contributed by atoms with E-state index in [9.17, 15) is 9.90 Å². The van der Waals surface area contributed by atoms with Gasteiger partial charge in [-0.25, -0.2) is 4.68 Å². The SMILES string of the molecule is CC(C)C[C@H](C(=O)O)[C@H](Cc1ccc(Br)cn1)c1nnnn1COCC[Si](C)(C)C. The molecule has 0 amide bonds. The molecular formula is C20H32BrN5O3Si. The molecule has 0 unspecified atom stereocenters. The minimum atomic E-state index is -1.20. The van der Waals surface area contributed by atoms with Crippen molar-refractivity contribution in [3.63, 3.8) is 0 Å². The van der Waals surface area contributed by atoms with Crippen molar-refractivity contribution in [3.8, 4) is 0 Å². The van der Waals surface area contributed by atoms with E-state index in [4.69, 9.17) is 4.74 Å². The maximum Gasteiger partial charge on any atom is 0.307 e. The third-order valence-corrected chi connectivity index (χ3v) is 7.02. The molecule has 2 atom stereocenters. The molecule has 0 aliphatic carbocycles. The molecule has 2 aromatic heterocycles. The maximum absolute atomic E-state index is 12.2. The second-order valence-electron chi connectivity index (χ2n) is 9.24. The zero-order valence-corrected chi connectivity index (χ0v) is 21.0. The number of tetrazole rings is 1. The first-order valence-electron chi connectivity index (χ1n) is 10.2. The van der Waals surface area contributed by atoms with E-state index in [1.165, 1.54) is 0 Å². The molecule has 0 saturated carbocycles. The number of carboxylic acid groups (broad SMARTS) is 1. The summed E-state index contributed by atoms with van der Waals surface area (Å²) in [4.78, 5) is 16.6. The van der Waals surface area contributed by atoms with Gasteiger partial charge in [-0.15, -0.1) is 5.10 Å². The number of aliphatic carboxylic acids is 1. The number of carbonyl (C=O) groups is 1. The van der Waals surface area contributed by atoms with E-state index in [1.54, 1.807) is 10.9 Å². The summed E-state index contributed by atoms with van der Waals surface area (Å²) < 4.78 is 8.28. The summed E-state index contributed by atoms with van der Waals surface area (Å²) in [6.07, 6.45) is 2.68. The first kappa shape index (κ1) is 24.6. The van der Waals surface area contributed by atoms with Crippen molar-refractivity contribution in [3.05, 3.63) is 34.3 Å².